The van der Waals surface area contributed by atoms with E-state index in [4.69, 9.17) is 13.7 Å². The van der Waals surface area contributed by atoms with Gasteiger partial charge in [0.25, 0.3) is 0 Å². The van der Waals surface area contributed by atoms with Gasteiger partial charge < -0.3 is 24.1 Å². The van der Waals surface area contributed by atoms with Crippen molar-refractivity contribution in [2.24, 2.45) is 0 Å². The molecule has 0 bridgehead atoms. The first-order chi connectivity index (χ1) is 14.5. The normalized spacial score (nSPS) is 11.0. The number of ether oxygens (including phenoxy) is 2. The van der Waals surface area contributed by atoms with Crippen LogP contribution in [0, 0.1) is 0 Å². The first-order valence-electron chi connectivity index (χ1n) is 9.32. The standard InChI is InChI=1S/C21H25NO8S/c1-6-31(26,27)30-21-17(8-15(13(3)24)10-19(21)29-5)22-11-16-7-14(12(2)23)9-18(28-4)20(16)25/h7-10,22,25H,6,11H2,1-5H3. The SMILES string of the molecule is CCS(=O)(=O)Oc1c(NCc2cc(C(C)=O)cc(OC)c2O)cc(C(C)=O)cc1OC. The molecule has 31 heavy (non-hydrogen) atoms. The number of carbonyl (C=O) groups is 2. The third-order valence-corrected chi connectivity index (χ3v) is 5.62. The second-order valence-corrected chi connectivity index (χ2v) is 8.50. The van der Waals surface area contributed by atoms with Gasteiger partial charge in [0.05, 0.1) is 25.7 Å². The van der Waals surface area contributed by atoms with E-state index in [1.165, 1.54) is 59.3 Å². The molecule has 2 N–H and O–H groups in total. The first kappa shape index (κ1) is 24.0. The van der Waals surface area contributed by atoms with Crippen molar-refractivity contribution in [1.82, 2.24) is 0 Å². The zero-order chi connectivity index (χ0) is 23.3. The summed E-state index contributed by atoms with van der Waals surface area (Å²) in [5, 5.41) is 13.4. The Bertz CT molecular complexity index is 1110. The highest BCUT2D eigenvalue weighted by Crippen LogP contribution is 2.39. The summed E-state index contributed by atoms with van der Waals surface area (Å²) in [6.45, 7) is 4.13. The van der Waals surface area contributed by atoms with Crippen molar-refractivity contribution in [3.63, 3.8) is 0 Å². The molecule has 9 nitrogen and oxygen atoms in total. The second-order valence-electron chi connectivity index (χ2n) is 6.64. The van der Waals surface area contributed by atoms with Crippen LogP contribution in [0.5, 0.6) is 23.0 Å². The van der Waals surface area contributed by atoms with Crippen molar-refractivity contribution >= 4 is 27.4 Å². The highest BCUT2D eigenvalue weighted by molar-refractivity contribution is 7.87. The van der Waals surface area contributed by atoms with Crippen LogP contribution >= 0.6 is 0 Å². The minimum Gasteiger partial charge on any atom is -0.504 e. The summed E-state index contributed by atoms with van der Waals surface area (Å²) in [6, 6.07) is 5.71. The van der Waals surface area contributed by atoms with Crippen LogP contribution in [-0.2, 0) is 16.7 Å². The Morgan fingerprint density at radius 2 is 1.52 bits per heavy atom. The monoisotopic (exact) mass is 451 g/mol. The van der Waals surface area contributed by atoms with E-state index in [1.807, 2.05) is 0 Å². The smallest absolute Gasteiger partial charge is 0.309 e. The number of aromatic hydroxyl groups is 1. The van der Waals surface area contributed by atoms with Gasteiger partial charge in [-0.3, -0.25) is 9.59 Å². The number of nitrogens with one attached hydrogen (secondary N) is 1. The Hall–Kier alpha value is -3.27. The van der Waals surface area contributed by atoms with Crippen molar-refractivity contribution in [2.75, 3.05) is 25.3 Å². The molecule has 0 spiro atoms. The van der Waals surface area contributed by atoms with Gasteiger partial charge in [0.15, 0.2) is 28.8 Å². The van der Waals surface area contributed by atoms with Crippen LogP contribution in [0.25, 0.3) is 0 Å². The van der Waals surface area contributed by atoms with Gasteiger partial charge in [-0.1, -0.05) is 0 Å². The zero-order valence-electron chi connectivity index (χ0n) is 17.9. The summed E-state index contributed by atoms with van der Waals surface area (Å²) >= 11 is 0. The van der Waals surface area contributed by atoms with Crippen molar-refractivity contribution in [3.8, 4) is 23.0 Å². The highest BCUT2D eigenvalue weighted by Gasteiger charge is 2.21. The summed E-state index contributed by atoms with van der Waals surface area (Å²) in [7, 11) is -1.22. The molecular formula is C21H25NO8S. The largest absolute Gasteiger partial charge is 0.504 e. The molecule has 2 aromatic carbocycles. The summed E-state index contributed by atoms with van der Waals surface area (Å²) in [4.78, 5) is 23.7. The average molecular weight is 451 g/mol. The lowest BCUT2D eigenvalue weighted by Gasteiger charge is -2.18. The van der Waals surface area contributed by atoms with E-state index >= 15 is 0 Å². The number of hydrogen-bond donors (Lipinski definition) is 2. The summed E-state index contributed by atoms with van der Waals surface area (Å²) < 4.78 is 39.7. The van der Waals surface area contributed by atoms with Crippen LogP contribution in [0.3, 0.4) is 0 Å². The van der Waals surface area contributed by atoms with Gasteiger partial charge in [-0.25, -0.2) is 0 Å². The number of benzene rings is 2. The van der Waals surface area contributed by atoms with Gasteiger partial charge in [-0.05, 0) is 45.0 Å². The number of Topliss-reactive ketones (excluding diaryl/α,β-unsaturated/α-hetero) is 2. The minimum atomic E-state index is -3.90. The van der Waals surface area contributed by atoms with E-state index in [-0.39, 0.29) is 58.1 Å². The lowest BCUT2D eigenvalue weighted by molar-refractivity contribution is 0.100. The third-order valence-electron chi connectivity index (χ3n) is 4.49. The van der Waals surface area contributed by atoms with Gasteiger partial charge in [0.1, 0.15) is 0 Å². The number of phenolic OH excluding ortho intramolecular Hbond substituents is 1. The van der Waals surface area contributed by atoms with Crippen LogP contribution in [0.2, 0.25) is 0 Å². The first-order valence-corrected chi connectivity index (χ1v) is 10.9. The van der Waals surface area contributed by atoms with Gasteiger partial charge >= 0.3 is 10.1 Å². The molecular weight excluding hydrogens is 426 g/mol. The van der Waals surface area contributed by atoms with Crippen molar-refractivity contribution in [2.45, 2.75) is 27.3 Å². The van der Waals surface area contributed by atoms with Crippen molar-refractivity contribution in [1.29, 1.82) is 0 Å². The Morgan fingerprint density at radius 1 is 0.968 bits per heavy atom. The van der Waals surface area contributed by atoms with E-state index < -0.39 is 10.1 Å². The molecule has 0 aromatic heterocycles. The van der Waals surface area contributed by atoms with Crippen LogP contribution in [-0.4, -0.2) is 45.1 Å². The number of hydrogen-bond acceptors (Lipinski definition) is 9. The number of phenols is 1. The Morgan fingerprint density at radius 3 is 2.03 bits per heavy atom. The van der Waals surface area contributed by atoms with Gasteiger partial charge in [0, 0.05) is 23.2 Å². The number of ketones is 2. The van der Waals surface area contributed by atoms with E-state index in [2.05, 4.69) is 5.32 Å². The molecule has 2 rings (SSSR count). The molecule has 2 aromatic rings. The number of carbonyl (C=O) groups excluding carboxylic acids is 2. The van der Waals surface area contributed by atoms with E-state index in [0.717, 1.165) is 0 Å². The summed E-state index contributed by atoms with van der Waals surface area (Å²) in [5.74, 6) is -0.909. The van der Waals surface area contributed by atoms with Gasteiger partial charge in [0.2, 0.25) is 5.75 Å². The molecule has 0 atom stereocenters. The van der Waals surface area contributed by atoms with Crippen LogP contribution < -0.4 is 19.0 Å². The molecule has 0 heterocycles. The fraction of sp³-hybridized carbons (Fsp3) is 0.333. The second kappa shape index (κ2) is 9.69. The van der Waals surface area contributed by atoms with Crippen LogP contribution in [0.15, 0.2) is 24.3 Å². The molecule has 0 saturated heterocycles. The maximum absolute atomic E-state index is 12.1. The fourth-order valence-electron chi connectivity index (χ4n) is 2.71. The molecule has 0 amide bonds. The third kappa shape index (κ3) is 5.66. The lowest BCUT2D eigenvalue weighted by atomic mass is 10.1. The molecule has 0 aliphatic carbocycles. The Balaban J connectivity index is 2.55. The van der Waals surface area contributed by atoms with Crippen LogP contribution in [0.1, 0.15) is 47.1 Å². The summed E-state index contributed by atoms with van der Waals surface area (Å²) in [5.41, 5.74) is 1.07. The number of anilines is 1. The zero-order valence-corrected chi connectivity index (χ0v) is 18.8. The topological polar surface area (TPSA) is 128 Å². The van der Waals surface area contributed by atoms with Gasteiger partial charge in [-0.2, -0.15) is 8.42 Å². The number of rotatable bonds is 10. The Labute approximate surface area is 181 Å². The Kier molecular flexibility index (Phi) is 7.50. The molecule has 0 aliphatic rings. The molecule has 0 unspecified atom stereocenters. The minimum absolute atomic E-state index is 0.0314. The summed E-state index contributed by atoms with van der Waals surface area (Å²) in [6.07, 6.45) is 0. The molecule has 10 heteroatoms. The van der Waals surface area contributed by atoms with Crippen molar-refractivity contribution < 1.29 is 36.8 Å². The molecule has 0 aliphatic heterocycles. The predicted octanol–water partition coefficient (Wildman–Crippen LogP) is 3.16. The number of methoxy groups -OCH3 is 2. The lowest BCUT2D eigenvalue weighted by Crippen LogP contribution is -2.14. The maximum atomic E-state index is 12.1. The van der Waals surface area contributed by atoms with Crippen LogP contribution in [0.4, 0.5) is 5.69 Å². The van der Waals surface area contributed by atoms with Gasteiger partial charge in [-0.15, -0.1) is 0 Å². The highest BCUT2D eigenvalue weighted by atomic mass is 32.2. The maximum Gasteiger partial charge on any atom is 0.309 e. The predicted molar refractivity (Wildman–Crippen MR) is 115 cm³/mol. The van der Waals surface area contributed by atoms with Crippen molar-refractivity contribution in [3.05, 3.63) is 41.0 Å². The molecule has 0 saturated carbocycles. The van der Waals surface area contributed by atoms with E-state index in [0.29, 0.717) is 11.1 Å². The molecule has 168 valence electrons. The average Bonchev–Trinajstić information content (AvgIpc) is 2.72. The van der Waals surface area contributed by atoms with E-state index in [1.54, 1.807) is 0 Å². The molecule has 0 radical (unpaired) electrons. The molecule has 0 fully saturated rings. The fourth-order valence-corrected chi connectivity index (χ4v) is 3.25. The van der Waals surface area contributed by atoms with E-state index in [9.17, 15) is 23.1 Å². The quantitative estimate of drug-likeness (QED) is 0.413.